The minimum absolute atomic E-state index is 0. The lowest BCUT2D eigenvalue weighted by molar-refractivity contribution is 0.724. The maximum Gasteiger partial charge on any atom is 0.0439 e. The summed E-state index contributed by atoms with van der Waals surface area (Å²) in [6.45, 7) is 0.938. The van der Waals surface area contributed by atoms with Gasteiger partial charge in [0.2, 0.25) is 0 Å². The van der Waals surface area contributed by atoms with Crippen molar-refractivity contribution in [2.24, 2.45) is 11.5 Å². The fraction of sp³-hybridized carbons (Fsp3) is 1.00. The highest BCUT2D eigenvalue weighted by atomic mass is 15.0. The first-order valence-corrected chi connectivity index (χ1v) is 1.52. The lowest BCUT2D eigenvalue weighted by atomic mass is 11.0. The van der Waals surface area contributed by atoms with E-state index >= 15 is 0 Å². The quantitative estimate of drug-likeness (QED) is 0.424. The van der Waals surface area contributed by atoms with E-state index in [0.29, 0.717) is 13.3 Å². The molecule has 0 heterocycles. The molecule has 3 nitrogen and oxygen atoms in total. The molecule has 0 aliphatic rings. The normalized spacial score (nSPS) is 6.00. The van der Waals surface area contributed by atoms with Crippen molar-refractivity contribution in [2.45, 2.75) is 14.9 Å². The van der Waals surface area contributed by atoms with Crippen LogP contribution in [0, 0.1) is 0 Å². The third-order valence-electron chi connectivity index (χ3n) is 0.289. The van der Waals surface area contributed by atoms with Crippen LogP contribution in [0.25, 0.3) is 0 Å². The van der Waals surface area contributed by atoms with Gasteiger partial charge in [-0.15, -0.1) is 0 Å². The van der Waals surface area contributed by atoms with Crippen LogP contribution in [0.1, 0.15) is 14.9 Å². The lowest BCUT2D eigenvalue weighted by Gasteiger charge is -1.87. The van der Waals surface area contributed by atoms with Crippen molar-refractivity contribution in [3.05, 3.63) is 0 Å². The average Bonchev–Trinajstić information content (AvgIpc) is 1.41. The SMILES string of the molecule is C.C.NCNCN. The molecule has 0 aliphatic carbocycles. The Kier molecular flexibility index (Phi) is 38.1. The molecule has 0 spiro atoms. The number of nitrogens with two attached hydrogens (primary N) is 2. The largest absolute Gasteiger partial charge is 0.318 e. The Morgan fingerprint density at radius 2 is 1.29 bits per heavy atom. The zero-order valence-electron chi connectivity index (χ0n) is 3.07. The molecule has 0 bridgehead atoms. The fourth-order valence-corrected chi connectivity index (χ4v) is 0.0833. The van der Waals surface area contributed by atoms with Crippen LogP contribution in [-0.4, -0.2) is 13.3 Å². The van der Waals surface area contributed by atoms with E-state index in [2.05, 4.69) is 5.32 Å². The van der Waals surface area contributed by atoms with Gasteiger partial charge in [-0.3, -0.25) is 5.32 Å². The second kappa shape index (κ2) is 16.9. The van der Waals surface area contributed by atoms with Crippen LogP contribution in [0.3, 0.4) is 0 Å². The van der Waals surface area contributed by atoms with Gasteiger partial charge in [-0.1, -0.05) is 14.9 Å². The van der Waals surface area contributed by atoms with Gasteiger partial charge in [0.05, 0.1) is 0 Å². The molecular weight excluding hydrogens is 90.1 g/mol. The van der Waals surface area contributed by atoms with E-state index in [0.717, 1.165) is 0 Å². The number of rotatable bonds is 2. The Bertz CT molecular complexity index is 14.4. The number of hydrogen-bond donors (Lipinski definition) is 3. The van der Waals surface area contributed by atoms with Gasteiger partial charge in [0.15, 0.2) is 0 Å². The zero-order chi connectivity index (χ0) is 4.12. The first-order chi connectivity index (χ1) is 2.41. The standard InChI is InChI=1S/C2H9N3.2CH4/c3-1-5-2-4;;/h5H,1-4H2;2*1H4. The van der Waals surface area contributed by atoms with Gasteiger partial charge in [0.25, 0.3) is 0 Å². The zero-order valence-corrected chi connectivity index (χ0v) is 3.07. The van der Waals surface area contributed by atoms with Crippen molar-refractivity contribution >= 4 is 0 Å². The third kappa shape index (κ3) is 25.0. The number of nitrogens with one attached hydrogen (secondary N) is 1. The Balaban J connectivity index is -0.0000000800. The molecule has 0 aromatic heterocycles. The molecule has 0 saturated carbocycles. The van der Waals surface area contributed by atoms with Crippen molar-refractivity contribution in [1.82, 2.24) is 5.32 Å². The summed E-state index contributed by atoms with van der Waals surface area (Å²) < 4.78 is 0. The van der Waals surface area contributed by atoms with E-state index < -0.39 is 0 Å². The summed E-state index contributed by atoms with van der Waals surface area (Å²) in [6.07, 6.45) is 0. The fourth-order valence-electron chi connectivity index (χ4n) is 0.0833. The summed E-state index contributed by atoms with van der Waals surface area (Å²) in [5.74, 6) is 0. The summed E-state index contributed by atoms with van der Waals surface area (Å²) in [5, 5.41) is 2.67. The summed E-state index contributed by atoms with van der Waals surface area (Å²) in [6, 6.07) is 0. The van der Waals surface area contributed by atoms with Gasteiger partial charge in [-0.05, 0) is 0 Å². The van der Waals surface area contributed by atoms with E-state index in [1.54, 1.807) is 0 Å². The molecule has 7 heavy (non-hydrogen) atoms. The van der Waals surface area contributed by atoms with Crippen molar-refractivity contribution in [3.8, 4) is 0 Å². The summed E-state index contributed by atoms with van der Waals surface area (Å²) in [4.78, 5) is 0. The topological polar surface area (TPSA) is 64.1 Å². The van der Waals surface area contributed by atoms with Crippen LogP contribution >= 0.6 is 0 Å². The van der Waals surface area contributed by atoms with Gasteiger partial charge < -0.3 is 11.5 Å². The molecule has 0 aliphatic heterocycles. The van der Waals surface area contributed by atoms with Gasteiger partial charge in [0, 0.05) is 13.3 Å². The monoisotopic (exact) mass is 107 g/mol. The van der Waals surface area contributed by atoms with Crippen molar-refractivity contribution < 1.29 is 0 Å². The molecule has 0 aromatic rings. The molecule has 0 atom stereocenters. The van der Waals surface area contributed by atoms with Crippen LogP contribution < -0.4 is 16.8 Å². The minimum Gasteiger partial charge on any atom is -0.318 e. The number of hydrogen-bond acceptors (Lipinski definition) is 3. The summed E-state index contributed by atoms with van der Waals surface area (Å²) in [7, 11) is 0. The van der Waals surface area contributed by atoms with E-state index in [9.17, 15) is 0 Å². The molecule has 0 rings (SSSR count). The van der Waals surface area contributed by atoms with E-state index in [1.165, 1.54) is 0 Å². The molecule has 0 fully saturated rings. The highest BCUT2D eigenvalue weighted by Crippen LogP contribution is 1.26. The molecule has 0 amide bonds. The van der Waals surface area contributed by atoms with Crippen molar-refractivity contribution in [2.75, 3.05) is 13.3 Å². The van der Waals surface area contributed by atoms with Gasteiger partial charge in [-0.25, -0.2) is 0 Å². The Hall–Kier alpha value is -0.120. The average molecular weight is 107 g/mol. The molecule has 0 radical (unpaired) electrons. The summed E-state index contributed by atoms with van der Waals surface area (Å²) in [5.41, 5.74) is 9.90. The van der Waals surface area contributed by atoms with Gasteiger partial charge in [0.1, 0.15) is 0 Å². The van der Waals surface area contributed by atoms with Gasteiger partial charge in [-0.2, -0.15) is 0 Å². The lowest BCUT2D eigenvalue weighted by Crippen LogP contribution is -2.28. The predicted octanol–water partition coefficient (Wildman–Crippen LogP) is -0.319. The van der Waals surface area contributed by atoms with E-state index in [-0.39, 0.29) is 14.9 Å². The molecule has 0 aromatic carbocycles. The van der Waals surface area contributed by atoms with Crippen molar-refractivity contribution in [1.29, 1.82) is 0 Å². The van der Waals surface area contributed by atoms with Crippen LogP contribution in [0.15, 0.2) is 0 Å². The Morgan fingerprint density at radius 1 is 1.00 bits per heavy atom. The molecule has 3 heteroatoms. The second-order valence-electron chi connectivity index (χ2n) is 0.658. The van der Waals surface area contributed by atoms with Crippen LogP contribution in [0.2, 0.25) is 0 Å². The first kappa shape index (κ1) is 15.8. The van der Waals surface area contributed by atoms with E-state index in [1.807, 2.05) is 0 Å². The second-order valence-corrected chi connectivity index (χ2v) is 0.658. The molecule has 48 valence electrons. The van der Waals surface area contributed by atoms with Crippen LogP contribution in [0.5, 0.6) is 0 Å². The van der Waals surface area contributed by atoms with Crippen LogP contribution in [0.4, 0.5) is 0 Å². The predicted molar refractivity (Wildman–Crippen MR) is 34.7 cm³/mol. The maximum absolute atomic E-state index is 4.95. The minimum atomic E-state index is 0. The van der Waals surface area contributed by atoms with Gasteiger partial charge >= 0.3 is 0 Å². The van der Waals surface area contributed by atoms with Crippen molar-refractivity contribution in [3.63, 3.8) is 0 Å². The highest BCUT2D eigenvalue weighted by molar-refractivity contribution is 4.23. The smallest absolute Gasteiger partial charge is 0.0439 e. The Labute approximate surface area is 46.1 Å². The van der Waals surface area contributed by atoms with E-state index in [4.69, 9.17) is 11.5 Å². The molecule has 0 saturated heterocycles. The first-order valence-electron chi connectivity index (χ1n) is 1.52. The summed E-state index contributed by atoms with van der Waals surface area (Å²) >= 11 is 0. The van der Waals surface area contributed by atoms with Crippen LogP contribution in [-0.2, 0) is 0 Å². The molecule has 5 N–H and O–H groups in total. The third-order valence-corrected chi connectivity index (χ3v) is 0.289. The maximum atomic E-state index is 4.95. The Morgan fingerprint density at radius 3 is 1.29 bits per heavy atom. The highest BCUT2D eigenvalue weighted by Gasteiger charge is 1.61. The molecule has 0 unspecified atom stereocenters. The molecular formula is C4H17N3.